The van der Waals surface area contributed by atoms with Gasteiger partial charge in [-0.2, -0.15) is 0 Å². The van der Waals surface area contributed by atoms with Gasteiger partial charge in [0.1, 0.15) is 0 Å². The van der Waals surface area contributed by atoms with E-state index in [1.807, 2.05) is 0 Å². The van der Waals surface area contributed by atoms with Gasteiger partial charge in [0, 0.05) is 6.04 Å². The summed E-state index contributed by atoms with van der Waals surface area (Å²) in [5, 5.41) is 3.60. The van der Waals surface area contributed by atoms with Crippen LogP contribution in [0.15, 0.2) is 0 Å². The van der Waals surface area contributed by atoms with Gasteiger partial charge in [-0.15, -0.1) is 0 Å². The molecule has 18 heavy (non-hydrogen) atoms. The van der Waals surface area contributed by atoms with Crippen LogP contribution in [0, 0.1) is 0 Å². The number of amides is 1. The molecule has 3 nitrogen and oxygen atoms in total. The Hall–Kier alpha value is -0.570. The van der Waals surface area contributed by atoms with Crippen molar-refractivity contribution < 1.29 is 4.79 Å². The van der Waals surface area contributed by atoms with E-state index in [0.717, 1.165) is 19.3 Å². The van der Waals surface area contributed by atoms with Crippen LogP contribution in [0.5, 0.6) is 0 Å². The fraction of sp³-hybridized carbons (Fsp3) is 0.933. The highest BCUT2D eigenvalue weighted by Gasteiger charge is 2.59. The highest BCUT2D eigenvalue weighted by atomic mass is 16.2. The topological polar surface area (TPSA) is 32.3 Å². The Bertz CT molecular complexity index is 316. The van der Waals surface area contributed by atoms with Gasteiger partial charge in [0.25, 0.3) is 0 Å². The van der Waals surface area contributed by atoms with E-state index in [1.165, 1.54) is 44.9 Å². The van der Waals surface area contributed by atoms with Gasteiger partial charge >= 0.3 is 0 Å². The fourth-order valence-corrected chi connectivity index (χ4v) is 3.75. The van der Waals surface area contributed by atoms with Crippen molar-refractivity contribution in [3.8, 4) is 0 Å². The van der Waals surface area contributed by atoms with Crippen LogP contribution in [0.3, 0.4) is 0 Å². The first-order valence-electron chi connectivity index (χ1n) is 7.87. The van der Waals surface area contributed by atoms with Gasteiger partial charge < -0.3 is 4.90 Å². The monoisotopic (exact) mass is 250 g/mol. The predicted octanol–water partition coefficient (Wildman–Crippen LogP) is 2.80. The number of hydrogen-bond acceptors (Lipinski definition) is 2. The molecule has 0 aromatic heterocycles. The van der Waals surface area contributed by atoms with Gasteiger partial charge in [0.15, 0.2) is 0 Å². The third kappa shape index (κ3) is 2.07. The minimum absolute atomic E-state index is 0.122. The summed E-state index contributed by atoms with van der Waals surface area (Å²) in [5.74, 6) is 0.417. The summed E-state index contributed by atoms with van der Waals surface area (Å²) in [7, 11) is 0. The number of carbonyl (C=O) groups excluding carboxylic acids is 1. The summed E-state index contributed by atoms with van der Waals surface area (Å²) in [6, 6.07) is 0.509. The van der Waals surface area contributed by atoms with Crippen LogP contribution in [0.4, 0.5) is 0 Å². The summed E-state index contributed by atoms with van der Waals surface area (Å²) >= 11 is 0. The minimum Gasteiger partial charge on any atom is -0.323 e. The smallest absolute Gasteiger partial charge is 0.244 e. The average Bonchev–Trinajstić information content (AvgIpc) is 3.05. The number of nitrogens with zero attached hydrogens (tertiary/aromatic N) is 1. The Morgan fingerprint density at radius 3 is 2.33 bits per heavy atom. The van der Waals surface area contributed by atoms with E-state index in [4.69, 9.17) is 0 Å². The average molecular weight is 250 g/mol. The second kappa shape index (κ2) is 4.84. The molecule has 0 radical (unpaired) electrons. The molecule has 0 aromatic rings. The summed E-state index contributed by atoms with van der Waals surface area (Å²) in [5.41, 5.74) is -0.122. The van der Waals surface area contributed by atoms with E-state index < -0.39 is 0 Å². The minimum atomic E-state index is -0.122. The molecular weight excluding hydrogens is 224 g/mol. The van der Waals surface area contributed by atoms with Gasteiger partial charge in [0.05, 0.1) is 11.7 Å². The van der Waals surface area contributed by atoms with Crippen molar-refractivity contribution in [1.29, 1.82) is 0 Å². The van der Waals surface area contributed by atoms with Crippen LogP contribution >= 0.6 is 0 Å². The lowest BCUT2D eigenvalue weighted by Gasteiger charge is -2.33. The van der Waals surface area contributed by atoms with Crippen LogP contribution in [0.25, 0.3) is 0 Å². The Morgan fingerprint density at radius 2 is 1.78 bits per heavy atom. The molecule has 1 aliphatic heterocycles. The molecule has 0 bridgehead atoms. The standard InChI is InChI=1S/C15H26N2O/c1-2-13-16-15(10-11-15)14(18)17(13)12-8-6-4-3-5-7-9-12/h12-13,16H,2-11H2,1H3. The van der Waals surface area contributed by atoms with Crippen molar-refractivity contribution in [3.63, 3.8) is 0 Å². The second-order valence-corrected chi connectivity index (χ2v) is 6.36. The second-order valence-electron chi connectivity index (χ2n) is 6.36. The van der Waals surface area contributed by atoms with Crippen molar-refractivity contribution in [2.24, 2.45) is 0 Å². The van der Waals surface area contributed by atoms with E-state index in [2.05, 4.69) is 17.1 Å². The molecule has 1 amide bonds. The van der Waals surface area contributed by atoms with Gasteiger partial charge in [-0.25, -0.2) is 0 Å². The quantitative estimate of drug-likeness (QED) is 0.817. The molecule has 1 spiro atoms. The summed E-state index contributed by atoms with van der Waals surface area (Å²) in [6.45, 7) is 2.20. The zero-order valence-electron chi connectivity index (χ0n) is 11.6. The van der Waals surface area contributed by atoms with Crippen molar-refractivity contribution in [1.82, 2.24) is 10.2 Å². The Balaban J connectivity index is 1.73. The normalized spacial score (nSPS) is 32.6. The molecule has 0 aromatic carbocycles. The van der Waals surface area contributed by atoms with E-state index in [9.17, 15) is 4.79 Å². The number of hydrogen-bond donors (Lipinski definition) is 1. The van der Waals surface area contributed by atoms with Crippen molar-refractivity contribution in [2.75, 3.05) is 0 Å². The fourth-order valence-electron chi connectivity index (χ4n) is 3.75. The number of rotatable bonds is 2. The Kier molecular flexibility index (Phi) is 3.35. The molecule has 1 unspecified atom stereocenters. The molecule has 3 heteroatoms. The largest absolute Gasteiger partial charge is 0.323 e. The lowest BCUT2D eigenvalue weighted by molar-refractivity contribution is -0.133. The first-order chi connectivity index (χ1) is 8.77. The van der Waals surface area contributed by atoms with Gasteiger partial charge in [-0.05, 0) is 32.1 Å². The predicted molar refractivity (Wildman–Crippen MR) is 72.1 cm³/mol. The highest BCUT2D eigenvalue weighted by Crippen LogP contribution is 2.44. The maximum absolute atomic E-state index is 12.6. The molecule has 1 atom stereocenters. The van der Waals surface area contributed by atoms with E-state index in [-0.39, 0.29) is 5.54 Å². The molecule has 3 fully saturated rings. The Labute approximate surface area is 110 Å². The molecule has 1 N–H and O–H groups in total. The summed E-state index contributed by atoms with van der Waals surface area (Å²) < 4.78 is 0. The summed E-state index contributed by atoms with van der Waals surface area (Å²) in [4.78, 5) is 14.9. The van der Waals surface area contributed by atoms with Gasteiger partial charge in [0.2, 0.25) is 5.91 Å². The molecule has 3 rings (SSSR count). The first-order valence-corrected chi connectivity index (χ1v) is 7.87. The first kappa shape index (κ1) is 12.5. The van der Waals surface area contributed by atoms with Crippen LogP contribution in [0.2, 0.25) is 0 Å². The van der Waals surface area contributed by atoms with Crippen LogP contribution < -0.4 is 5.32 Å². The number of nitrogens with one attached hydrogen (secondary N) is 1. The van der Waals surface area contributed by atoms with Gasteiger partial charge in [-0.3, -0.25) is 10.1 Å². The maximum Gasteiger partial charge on any atom is 0.244 e. The van der Waals surface area contributed by atoms with E-state index in [1.54, 1.807) is 0 Å². The van der Waals surface area contributed by atoms with Crippen molar-refractivity contribution >= 4 is 5.91 Å². The van der Waals surface area contributed by atoms with E-state index in [0.29, 0.717) is 18.1 Å². The van der Waals surface area contributed by atoms with Crippen LogP contribution in [-0.2, 0) is 4.79 Å². The lowest BCUT2D eigenvalue weighted by atomic mass is 9.95. The third-order valence-electron chi connectivity index (χ3n) is 5.03. The maximum atomic E-state index is 12.6. The highest BCUT2D eigenvalue weighted by molar-refractivity contribution is 5.92. The zero-order valence-corrected chi connectivity index (χ0v) is 11.6. The molecule has 3 aliphatic rings. The molecule has 1 saturated heterocycles. The lowest BCUT2D eigenvalue weighted by Crippen LogP contribution is -2.44. The zero-order chi connectivity index (χ0) is 12.6. The number of carbonyl (C=O) groups is 1. The van der Waals surface area contributed by atoms with Crippen LogP contribution in [-0.4, -0.2) is 28.6 Å². The summed E-state index contributed by atoms with van der Waals surface area (Å²) in [6.07, 6.45) is 12.6. The van der Waals surface area contributed by atoms with Crippen molar-refractivity contribution in [3.05, 3.63) is 0 Å². The van der Waals surface area contributed by atoms with Gasteiger partial charge in [-0.1, -0.05) is 39.0 Å². The Morgan fingerprint density at radius 1 is 1.17 bits per heavy atom. The molecule has 2 saturated carbocycles. The third-order valence-corrected chi connectivity index (χ3v) is 5.03. The van der Waals surface area contributed by atoms with E-state index >= 15 is 0 Å². The SMILES string of the molecule is CCC1NC2(CC2)C(=O)N1C1CCCCCCC1. The molecule has 2 aliphatic carbocycles. The molecule has 102 valence electrons. The molecule has 1 heterocycles. The molecular formula is C15H26N2O. The van der Waals surface area contributed by atoms with Crippen LogP contribution in [0.1, 0.15) is 71.1 Å². The van der Waals surface area contributed by atoms with Crippen molar-refractivity contribution in [2.45, 2.75) is 88.9 Å².